The number of piperidine rings is 1. The molecule has 7 heteroatoms. The summed E-state index contributed by atoms with van der Waals surface area (Å²) in [7, 11) is 0. The number of nitrogens with two attached hydrogens (primary N) is 1. The first-order valence-electron chi connectivity index (χ1n) is 11.1. The lowest BCUT2D eigenvalue weighted by Gasteiger charge is -2.32. The number of anilines is 1. The second-order valence-electron chi connectivity index (χ2n) is 9.29. The average Bonchev–Trinajstić information content (AvgIpc) is 3.48. The minimum atomic E-state index is -0.650. The van der Waals surface area contributed by atoms with Crippen LogP contribution in [0.5, 0.6) is 6.01 Å². The van der Waals surface area contributed by atoms with E-state index in [1.807, 2.05) is 27.7 Å². The third-order valence-electron chi connectivity index (χ3n) is 5.88. The van der Waals surface area contributed by atoms with Gasteiger partial charge in [-0.3, -0.25) is 4.79 Å². The van der Waals surface area contributed by atoms with Gasteiger partial charge >= 0.3 is 6.01 Å². The van der Waals surface area contributed by atoms with Gasteiger partial charge in [-0.25, -0.2) is 0 Å². The molecule has 0 radical (unpaired) electrons. The molecule has 2 heterocycles. The number of rotatable bonds is 8. The monoisotopic (exact) mass is 403 g/mol. The fourth-order valence-corrected chi connectivity index (χ4v) is 3.87. The highest BCUT2D eigenvalue weighted by Gasteiger charge is 2.28. The summed E-state index contributed by atoms with van der Waals surface area (Å²) in [6.45, 7) is 13.3. The molecule has 0 spiro atoms. The molecule has 1 atom stereocenters. The number of nitrogens with zero attached hydrogens (tertiary/aromatic N) is 3. The molecule has 1 aromatic heterocycles. The Kier molecular flexibility index (Phi) is 6.98. The zero-order chi connectivity index (χ0) is 21.1. The van der Waals surface area contributed by atoms with Crippen LogP contribution in [0.15, 0.2) is 0 Å². The van der Waals surface area contributed by atoms with Gasteiger partial charge in [0.2, 0.25) is 0 Å². The number of carbonyl (C=O) groups is 1. The molecule has 7 nitrogen and oxygen atoms in total. The summed E-state index contributed by atoms with van der Waals surface area (Å²) in [6, 6.07) is 0.447. The molecule has 0 bridgehead atoms. The third kappa shape index (κ3) is 5.81. The van der Waals surface area contributed by atoms with Crippen LogP contribution in [0.2, 0.25) is 0 Å². The standard InChI is InChI=1S/C22H37N5O2/c1-13(2)19-18(23)20(14(3)4)26-22(25-19)29-15(5)21(28)24-17-8-10-27(11-9-17)12-16-6-7-16/h13-17H,6-12,23H2,1-5H3,(H,24,28). The molecule has 3 N–H and O–H groups in total. The number of nitrogens with one attached hydrogen (secondary N) is 1. The molecule has 2 fully saturated rings. The molecule has 1 saturated carbocycles. The van der Waals surface area contributed by atoms with Crippen LogP contribution in [0, 0.1) is 5.92 Å². The van der Waals surface area contributed by atoms with Crippen LogP contribution in [0.1, 0.15) is 83.5 Å². The van der Waals surface area contributed by atoms with Crippen molar-refractivity contribution in [2.24, 2.45) is 5.92 Å². The summed E-state index contributed by atoms with van der Waals surface area (Å²) < 4.78 is 5.84. The average molecular weight is 404 g/mol. The van der Waals surface area contributed by atoms with Crippen LogP contribution in [0.3, 0.4) is 0 Å². The molecule has 3 rings (SSSR count). The molecular formula is C22H37N5O2. The second kappa shape index (κ2) is 9.28. The zero-order valence-corrected chi connectivity index (χ0v) is 18.6. The Morgan fingerprint density at radius 3 is 2.10 bits per heavy atom. The predicted octanol–water partition coefficient (Wildman–Crippen LogP) is 3.06. The highest BCUT2D eigenvalue weighted by Crippen LogP contribution is 2.31. The van der Waals surface area contributed by atoms with E-state index in [2.05, 4.69) is 20.2 Å². The summed E-state index contributed by atoms with van der Waals surface area (Å²) in [5, 5.41) is 3.14. The van der Waals surface area contributed by atoms with Crippen molar-refractivity contribution in [2.45, 2.75) is 84.3 Å². The number of nitrogen functional groups attached to an aromatic ring is 1. The smallest absolute Gasteiger partial charge is 0.317 e. The Bertz CT molecular complexity index is 680. The Hall–Kier alpha value is -1.89. The number of ether oxygens (including phenoxy) is 1. The van der Waals surface area contributed by atoms with Crippen LogP contribution in [0.4, 0.5) is 5.69 Å². The Morgan fingerprint density at radius 1 is 1.07 bits per heavy atom. The van der Waals surface area contributed by atoms with Crippen molar-refractivity contribution in [1.82, 2.24) is 20.2 Å². The van der Waals surface area contributed by atoms with E-state index in [1.54, 1.807) is 6.92 Å². The number of hydrogen-bond donors (Lipinski definition) is 2. The molecule has 29 heavy (non-hydrogen) atoms. The first-order valence-corrected chi connectivity index (χ1v) is 11.1. The maximum atomic E-state index is 12.7. The first kappa shape index (κ1) is 21.8. The molecule has 1 aliphatic carbocycles. The van der Waals surface area contributed by atoms with Crippen LogP contribution in [-0.4, -0.2) is 52.6 Å². The normalized spacial score (nSPS) is 19.6. The number of carbonyl (C=O) groups excluding carboxylic acids is 1. The van der Waals surface area contributed by atoms with Crippen molar-refractivity contribution in [3.8, 4) is 6.01 Å². The van der Waals surface area contributed by atoms with Gasteiger partial charge in [0.1, 0.15) is 0 Å². The maximum Gasteiger partial charge on any atom is 0.317 e. The van der Waals surface area contributed by atoms with Crippen LogP contribution in [-0.2, 0) is 4.79 Å². The van der Waals surface area contributed by atoms with Crippen LogP contribution < -0.4 is 15.8 Å². The van der Waals surface area contributed by atoms with Gasteiger partial charge in [0, 0.05) is 25.7 Å². The van der Waals surface area contributed by atoms with Crippen molar-refractivity contribution in [3.05, 3.63) is 11.4 Å². The predicted molar refractivity (Wildman–Crippen MR) is 115 cm³/mol. The summed E-state index contributed by atoms with van der Waals surface area (Å²) in [5.74, 6) is 1.12. The second-order valence-corrected chi connectivity index (χ2v) is 9.29. The lowest BCUT2D eigenvalue weighted by atomic mass is 10.0. The van der Waals surface area contributed by atoms with Gasteiger partial charge < -0.3 is 20.7 Å². The molecule has 1 aliphatic heterocycles. The zero-order valence-electron chi connectivity index (χ0n) is 18.6. The third-order valence-corrected chi connectivity index (χ3v) is 5.88. The number of amides is 1. The molecule has 162 valence electrons. The van der Waals surface area contributed by atoms with Gasteiger partial charge in [-0.15, -0.1) is 0 Å². The molecule has 1 aromatic rings. The molecule has 0 aromatic carbocycles. The van der Waals surface area contributed by atoms with E-state index in [4.69, 9.17) is 10.5 Å². The summed E-state index contributed by atoms with van der Waals surface area (Å²) in [6.07, 6.45) is 4.12. The van der Waals surface area contributed by atoms with Crippen molar-refractivity contribution in [1.29, 1.82) is 0 Å². The van der Waals surface area contributed by atoms with Gasteiger partial charge in [0.05, 0.1) is 17.1 Å². The first-order chi connectivity index (χ1) is 13.7. The van der Waals surface area contributed by atoms with E-state index in [9.17, 15) is 4.79 Å². The fraction of sp³-hybridized carbons (Fsp3) is 0.773. The number of hydrogen-bond acceptors (Lipinski definition) is 6. The van der Waals surface area contributed by atoms with E-state index in [0.29, 0.717) is 5.69 Å². The highest BCUT2D eigenvalue weighted by molar-refractivity contribution is 5.80. The highest BCUT2D eigenvalue weighted by atomic mass is 16.5. The van der Waals surface area contributed by atoms with E-state index in [-0.39, 0.29) is 29.8 Å². The van der Waals surface area contributed by atoms with Gasteiger partial charge in [-0.1, -0.05) is 27.7 Å². The minimum absolute atomic E-state index is 0.108. The Labute approximate surface area is 174 Å². The van der Waals surface area contributed by atoms with Gasteiger partial charge in [-0.05, 0) is 50.4 Å². The molecule has 1 unspecified atom stereocenters. The maximum absolute atomic E-state index is 12.7. The van der Waals surface area contributed by atoms with Crippen LogP contribution >= 0.6 is 0 Å². The van der Waals surface area contributed by atoms with Gasteiger partial charge in [0.15, 0.2) is 6.10 Å². The summed E-state index contributed by atoms with van der Waals surface area (Å²) >= 11 is 0. The van der Waals surface area contributed by atoms with Crippen molar-refractivity contribution < 1.29 is 9.53 Å². The Morgan fingerprint density at radius 2 is 1.62 bits per heavy atom. The fourth-order valence-electron chi connectivity index (χ4n) is 3.87. The largest absolute Gasteiger partial charge is 0.450 e. The van der Waals surface area contributed by atoms with Gasteiger partial charge in [-0.2, -0.15) is 9.97 Å². The number of aromatic nitrogens is 2. The molecule has 1 saturated heterocycles. The molecule has 1 amide bonds. The minimum Gasteiger partial charge on any atom is -0.450 e. The quantitative estimate of drug-likeness (QED) is 0.693. The summed E-state index contributed by atoms with van der Waals surface area (Å²) in [5.41, 5.74) is 8.42. The molecular weight excluding hydrogens is 366 g/mol. The van der Waals surface area contributed by atoms with E-state index >= 15 is 0 Å². The lowest BCUT2D eigenvalue weighted by molar-refractivity contribution is -0.128. The van der Waals surface area contributed by atoms with Crippen molar-refractivity contribution in [3.63, 3.8) is 0 Å². The van der Waals surface area contributed by atoms with E-state index in [0.717, 1.165) is 43.2 Å². The topological polar surface area (TPSA) is 93.4 Å². The Balaban J connectivity index is 1.56. The van der Waals surface area contributed by atoms with Crippen molar-refractivity contribution in [2.75, 3.05) is 25.4 Å². The summed E-state index contributed by atoms with van der Waals surface area (Å²) in [4.78, 5) is 24.2. The number of likely N-dealkylation sites (tertiary alicyclic amines) is 1. The molecule has 2 aliphatic rings. The van der Waals surface area contributed by atoms with E-state index in [1.165, 1.54) is 19.4 Å². The van der Waals surface area contributed by atoms with E-state index < -0.39 is 6.10 Å². The van der Waals surface area contributed by atoms with Crippen molar-refractivity contribution >= 4 is 11.6 Å². The SMILES string of the molecule is CC(Oc1nc(C(C)C)c(N)c(C(C)C)n1)C(=O)NC1CCN(CC2CC2)CC1. The lowest BCUT2D eigenvalue weighted by Crippen LogP contribution is -2.48. The van der Waals surface area contributed by atoms with Gasteiger partial charge in [0.25, 0.3) is 5.91 Å². The van der Waals surface area contributed by atoms with Crippen LogP contribution in [0.25, 0.3) is 0 Å².